The maximum atomic E-state index is 10.8. The number of aliphatic carboxylic acids is 1. The Hall–Kier alpha value is -2.29. The summed E-state index contributed by atoms with van der Waals surface area (Å²) in [6.45, 7) is 0. The van der Waals surface area contributed by atoms with E-state index in [0.29, 0.717) is 5.56 Å². The monoisotopic (exact) mass is 228 g/mol. The lowest BCUT2D eigenvalue weighted by molar-refractivity contribution is -0.136. The number of rotatable bonds is 3. The Kier molecular flexibility index (Phi) is 3.10. The van der Waals surface area contributed by atoms with Crippen LogP contribution in [0.1, 0.15) is 5.56 Å². The van der Waals surface area contributed by atoms with Crippen molar-refractivity contribution in [2.24, 2.45) is 0 Å². The molecule has 0 radical (unpaired) electrons. The van der Waals surface area contributed by atoms with Gasteiger partial charge < -0.3 is 10.2 Å². The molecule has 0 bridgehead atoms. The zero-order valence-electron chi connectivity index (χ0n) is 9.13. The van der Waals surface area contributed by atoms with Crippen LogP contribution >= 0.6 is 0 Å². The molecular weight excluding hydrogens is 216 g/mol. The molecule has 0 atom stereocenters. The van der Waals surface area contributed by atoms with Crippen LogP contribution in [0.5, 0.6) is 5.75 Å². The summed E-state index contributed by atoms with van der Waals surface area (Å²) in [6, 6.07) is 14.2. The van der Waals surface area contributed by atoms with Gasteiger partial charge in [0.05, 0.1) is 6.42 Å². The normalized spacial score (nSPS) is 10.1. The van der Waals surface area contributed by atoms with Crippen LogP contribution in [0.4, 0.5) is 0 Å². The van der Waals surface area contributed by atoms with Gasteiger partial charge >= 0.3 is 5.97 Å². The predicted octanol–water partition coefficient (Wildman–Crippen LogP) is 2.69. The third kappa shape index (κ3) is 2.64. The van der Waals surface area contributed by atoms with Crippen molar-refractivity contribution in [1.82, 2.24) is 0 Å². The van der Waals surface area contributed by atoms with Crippen LogP contribution in [-0.2, 0) is 11.2 Å². The van der Waals surface area contributed by atoms with Gasteiger partial charge in [-0.1, -0.05) is 36.4 Å². The van der Waals surface area contributed by atoms with Gasteiger partial charge in [0.1, 0.15) is 5.75 Å². The van der Waals surface area contributed by atoms with E-state index in [1.54, 1.807) is 12.1 Å². The van der Waals surface area contributed by atoms with E-state index < -0.39 is 5.97 Å². The fraction of sp³-hybridized carbons (Fsp3) is 0.0714. The van der Waals surface area contributed by atoms with E-state index in [1.165, 1.54) is 6.07 Å². The molecule has 17 heavy (non-hydrogen) atoms. The van der Waals surface area contributed by atoms with Crippen molar-refractivity contribution in [2.45, 2.75) is 6.42 Å². The molecule has 0 unspecified atom stereocenters. The zero-order chi connectivity index (χ0) is 12.3. The van der Waals surface area contributed by atoms with E-state index in [2.05, 4.69) is 0 Å². The highest BCUT2D eigenvalue weighted by Crippen LogP contribution is 2.27. The number of phenolic OH excluding ortho intramolecular Hbond substituents is 1. The molecule has 2 rings (SSSR count). The van der Waals surface area contributed by atoms with Crippen LogP contribution in [0, 0.1) is 0 Å². The summed E-state index contributed by atoms with van der Waals surface area (Å²) in [5.41, 5.74) is 2.36. The number of hydrogen-bond donors (Lipinski definition) is 2. The van der Waals surface area contributed by atoms with Crippen LogP contribution in [0.2, 0.25) is 0 Å². The molecule has 3 heteroatoms. The Morgan fingerprint density at radius 1 is 1.06 bits per heavy atom. The van der Waals surface area contributed by atoms with Gasteiger partial charge in [-0.3, -0.25) is 4.79 Å². The molecule has 3 nitrogen and oxygen atoms in total. The number of hydrogen-bond acceptors (Lipinski definition) is 2. The minimum absolute atomic E-state index is 0.0511. The number of carboxylic acids is 1. The van der Waals surface area contributed by atoms with Gasteiger partial charge in [0.2, 0.25) is 0 Å². The first-order chi connectivity index (χ1) is 8.16. The van der Waals surface area contributed by atoms with Crippen LogP contribution in [-0.4, -0.2) is 16.2 Å². The smallest absolute Gasteiger partial charge is 0.307 e. The van der Waals surface area contributed by atoms with Gasteiger partial charge in [0.25, 0.3) is 0 Å². The fourth-order valence-corrected chi connectivity index (χ4v) is 1.77. The topological polar surface area (TPSA) is 57.5 Å². The van der Waals surface area contributed by atoms with Crippen LogP contribution in [0.3, 0.4) is 0 Å². The Labute approximate surface area is 99.0 Å². The van der Waals surface area contributed by atoms with Crippen molar-refractivity contribution in [3.63, 3.8) is 0 Å². The van der Waals surface area contributed by atoms with E-state index in [1.807, 2.05) is 30.3 Å². The van der Waals surface area contributed by atoms with Gasteiger partial charge in [-0.05, 0) is 28.8 Å². The van der Waals surface area contributed by atoms with E-state index >= 15 is 0 Å². The molecule has 2 aromatic rings. The third-order valence-corrected chi connectivity index (χ3v) is 2.52. The fourth-order valence-electron chi connectivity index (χ4n) is 1.77. The second-order valence-electron chi connectivity index (χ2n) is 3.78. The molecule has 0 aliphatic rings. The quantitative estimate of drug-likeness (QED) is 0.849. The average molecular weight is 228 g/mol. The van der Waals surface area contributed by atoms with Crippen LogP contribution in [0.25, 0.3) is 11.1 Å². The van der Waals surface area contributed by atoms with Crippen molar-refractivity contribution < 1.29 is 15.0 Å². The van der Waals surface area contributed by atoms with Gasteiger partial charge in [-0.15, -0.1) is 0 Å². The number of phenols is 1. The number of carboxylic acid groups (broad SMARTS) is 1. The average Bonchev–Trinajstić information content (AvgIpc) is 2.32. The van der Waals surface area contributed by atoms with Gasteiger partial charge in [0, 0.05) is 0 Å². The molecule has 0 saturated carbocycles. The van der Waals surface area contributed by atoms with Crippen molar-refractivity contribution in [3.8, 4) is 16.9 Å². The first-order valence-electron chi connectivity index (χ1n) is 5.26. The summed E-state index contributed by atoms with van der Waals surface area (Å²) < 4.78 is 0. The van der Waals surface area contributed by atoms with Crippen molar-refractivity contribution >= 4 is 5.97 Å². The summed E-state index contributed by atoms with van der Waals surface area (Å²) in [7, 11) is 0. The molecule has 0 aromatic heterocycles. The largest absolute Gasteiger partial charge is 0.508 e. The van der Waals surface area contributed by atoms with Crippen LogP contribution < -0.4 is 0 Å². The summed E-state index contributed by atoms with van der Waals surface area (Å²) in [4.78, 5) is 10.8. The number of carbonyl (C=O) groups is 1. The summed E-state index contributed by atoms with van der Waals surface area (Å²) >= 11 is 0. The molecule has 86 valence electrons. The van der Waals surface area contributed by atoms with Gasteiger partial charge in [0.15, 0.2) is 0 Å². The summed E-state index contributed by atoms with van der Waals surface area (Å²) in [5.74, 6) is -0.745. The SMILES string of the molecule is O=C(O)Cc1ccc(O)cc1-c1ccccc1. The first-order valence-corrected chi connectivity index (χ1v) is 5.26. The molecule has 0 fully saturated rings. The highest BCUT2D eigenvalue weighted by atomic mass is 16.4. The second kappa shape index (κ2) is 4.70. The Morgan fingerprint density at radius 2 is 1.76 bits per heavy atom. The Balaban J connectivity index is 2.51. The zero-order valence-corrected chi connectivity index (χ0v) is 9.13. The van der Waals surface area contributed by atoms with Crippen molar-refractivity contribution in [1.29, 1.82) is 0 Å². The minimum Gasteiger partial charge on any atom is -0.508 e. The Bertz CT molecular complexity index is 532. The number of benzene rings is 2. The van der Waals surface area contributed by atoms with Crippen molar-refractivity contribution in [2.75, 3.05) is 0 Å². The molecule has 0 amide bonds. The van der Waals surface area contributed by atoms with E-state index in [9.17, 15) is 9.90 Å². The highest BCUT2D eigenvalue weighted by molar-refractivity contribution is 5.77. The predicted molar refractivity (Wildman–Crippen MR) is 64.9 cm³/mol. The molecule has 0 aliphatic carbocycles. The molecule has 0 heterocycles. The lowest BCUT2D eigenvalue weighted by Crippen LogP contribution is -2.01. The van der Waals surface area contributed by atoms with Crippen LogP contribution in [0.15, 0.2) is 48.5 Å². The summed E-state index contributed by atoms with van der Waals surface area (Å²) in [6.07, 6.45) is -0.0511. The molecule has 2 aromatic carbocycles. The molecule has 0 spiro atoms. The third-order valence-electron chi connectivity index (χ3n) is 2.52. The molecule has 0 saturated heterocycles. The maximum Gasteiger partial charge on any atom is 0.307 e. The lowest BCUT2D eigenvalue weighted by Gasteiger charge is -2.08. The molecular formula is C14H12O3. The van der Waals surface area contributed by atoms with Crippen molar-refractivity contribution in [3.05, 3.63) is 54.1 Å². The minimum atomic E-state index is -0.882. The maximum absolute atomic E-state index is 10.8. The summed E-state index contributed by atoms with van der Waals surface area (Å²) in [5, 5.41) is 18.3. The Morgan fingerprint density at radius 3 is 2.41 bits per heavy atom. The van der Waals surface area contributed by atoms with Gasteiger partial charge in [-0.25, -0.2) is 0 Å². The van der Waals surface area contributed by atoms with E-state index in [-0.39, 0.29) is 12.2 Å². The van der Waals surface area contributed by atoms with E-state index in [0.717, 1.165) is 11.1 Å². The van der Waals surface area contributed by atoms with E-state index in [4.69, 9.17) is 5.11 Å². The molecule has 2 N–H and O–H groups in total. The standard InChI is InChI=1S/C14H12O3/c15-12-7-6-11(8-14(16)17)13(9-12)10-4-2-1-3-5-10/h1-7,9,15H,8H2,(H,16,17). The highest BCUT2D eigenvalue weighted by Gasteiger charge is 2.09. The lowest BCUT2D eigenvalue weighted by atomic mass is 9.97. The second-order valence-corrected chi connectivity index (χ2v) is 3.78. The number of aromatic hydroxyl groups is 1. The van der Waals surface area contributed by atoms with Gasteiger partial charge in [-0.2, -0.15) is 0 Å². The molecule has 0 aliphatic heterocycles. The first kappa shape index (κ1) is 11.2.